The summed E-state index contributed by atoms with van der Waals surface area (Å²) in [6.45, 7) is 0. The van der Waals surface area contributed by atoms with Crippen molar-refractivity contribution in [3.8, 4) is 0 Å². The summed E-state index contributed by atoms with van der Waals surface area (Å²) in [6, 6.07) is 0. The molecule has 0 aliphatic heterocycles. The van der Waals surface area contributed by atoms with Gasteiger partial charge in [0.15, 0.2) is 10.3 Å². The topological polar surface area (TPSA) is 30.2 Å². The molecule has 6 heteroatoms. The van der Waals surface area contributed by atoms with E-state index in [9.17, 15) is 0 Å². The summed E-state index contributed by atoms with van der Waals surface area (Å²) in [4.78, 5) is 7.98. The second kappa shape index (κ2) is 2.87. The normalized spacial score (nSPS) is 10.9. The van der Waals surface area contributed by atoms with Gasteiger partial charge in [0.2, 0.25) is 0 Å². The summed E-state index contributed by atoms with van der Waals surface area (Å²) in [6.07, 6.45) is 3.15. The molecule has 2 rings (SSSR count). The zero-order valence-corrected chi connectivity index (χ0v) is 8.73. The van der Waals surface area contributed by atoms with E-state index < -0.39 is 0 Å². The Morgan fingerprint density at radius 1 is 1.42 bits per heavy atom. The lowest BCUT2D eigenvalue weighted by Gasteiger charge is -1.96. The molecule has 3 nitrogen and oxygen atoms in total. The molecule has 0 amide bonds. The van der Waals surface area contributed by atoms with Crippen molar-refractivity contribution in [1.29, 1.82) is 0 Å². The number of imidazole rings is 1. The first-order chi connectivity index (χ1) is 5.68. The Kier molecular flexibility index (Phi) is 1.98. The van der Waals surface area contributed by atoms with Gasteiger partial charge < -0.3 is 0 Å². The van der Waals surface area contributed by atoms with Gasteiger partial charge in [0.1, 0.15) is 10.3 Å². The highest BCUT2D eigenvalue weighted by Crippen LogP contribution is 2.20. The van der Waals surface area contributed by atoms with Crippen LogP contribution < -0.4 is 0 Å². The van der Waals surface area contributed by atoms with E-state index in [1.807, 2.05) is 0 Å². The first-order valence-corrected chi connectivity index (χ1v) is 4.58. The van der Waals surface area contributed by atoms with E-state index in [0.29, 0.717) is 20.6 Å². The molecule has 2 heterocycles. The van der Waals surface area contributed by atoms with Gasteiger partial charge in [-0.15, -0.1) is 0 Å². The van der Waals surface area contributed by atoms with Crippen LogP contribution in [0.5, 0.6) is 0 Å². The van der Waals surface area contributed by atoms with Crippen LogP contribution in [0, 0.1) is 0 Å². The highest BCUT2D eigenvalue weighted by molar-refractivity contribution is 9.10. The van der Waals surface area contributed by atoms with Crippen LogP contribution in [0.1, 0.15) is 0 Å². The van der Waals surface area contributed by atoms with Crippen LogP contribution in [0.15, 0.2) is 17.0 Å². The molecular weight excluding hydrogens is 265 g/mol. The highest BCUT2D eigenvalue weighted by atomic mass is 79.9. The predicted octanol–water partition coefficient (Wildman–Crippen LogP) is 2.80. The summed E-state index contributed by atoms with van der Waals surface area (Å²) < 4.78 is 2.24. The minimum atomic E-state index is 0.370. The zero-order chi connectivity index (χ0) is 8.72. The number of aromatic nitrogens is 3. The first kappa shape index (κ1) is 8.29. The Hall–Kier alpha value is -0.320. The average molecular weight is 267 g/mol. The molecule has 2 aromatic heterocycles. The van der Waals surface area contributed by atoms with Gasteiger partial charge in [0.25, 0.3) is 0 Å². The second-order valence-corrected chi connectivity index (χ2v) is 3.65. The SMILES string of the molecule is Clc1cn2c(Cl)cnc2c(Br)n1. The van der Waals surface area contributed by atoms with Crippen molar-refractivity contribution in [2.24, 2.45) is 0 Å². The molecule has 0 bridgehead atoms. The van der Waals surface area contributed by atoms with E-state index >= 15 is 0 Å². The third-order valence-electron chi connectivity index (χ3n) is 1.38. The van der Waals surface area contributed by atoms with Crippen molar-refractivity contribution in [3.05, 3.63) is 27.3 Å². The fourth-order valence-electron chi connectivity index (χ4n) is 0.895. The van der Waals surface area contributed by atoms with Crippen molar-refractivity contribution in [2.75, 3.05) is 0 Å². The lowest BCUT2D eigenvalue weighted by Crippen LogP contribution is -1.89. The molecule has 2 aromatic rings. The first-order valence-electron chi connectivity index (χ1n) is 3.03. The lowest BCUT2D eigenvalue weighted by molar-refractivity contribution is 1.11. The molecule has 0 saturated heterocycles. The van der Waals surface area contributed by atoms with Crippen LogP contribution >= 0.6 is 39.1 Å². The van der Waals surface area contributed by atoms with E-state index in [0.717, 1.165) is 0 Å². The van der Waals surface area contributed by atoms with Gasteiger partial charge in [0, 0.05) is 6.20 Å². The van der Waals surface area contributed by atoms with Crippen LogP contribution in [-0.2, 0) is 0 Å². The number of fused-ring (bicyclic) bond motifs is 1. The molecular formula is C6H2BrCl2N3. The van der Waals surface area contributed by atoms with Gasteiger partial charge >= 0.3 is 0 Å². The molecule has 0 atom stereocenters. The van der Waals surface area contributed by atoms with Crippen molar-refractivity contribution >= 4 is 44.8 Å². The summed E-state index contributed by atoms with van der Waals surface area (Å²) >= 11 is 14.7. The molecule has 0 spiro atoms. The molecule has 0 radical (unpaired) electrons. The molecule has 62 valence electrons. The van der Waals surface area contributed by atoms with Gasteiger partial charge in [-0.05, 0) is 15.9 Å². The number of halogens is 3. The molecule has 0 unspecified atom stereocenters. The Morgan fingerprint density at radius 2 is 2.17 bits per heavy atom. The Balaban J connectivity index is 2.92. The molecule has 12 heavy (non-hydrogen) atoms. The fraction of sp³-hybridized carbons (Fsp3) is 0. The van der Waals surface area contributed by atoms with E-state index in [-0.39, 0.29) is 0 Å². The molecule has 0 aliphatic carbocycles. The van der Waals surface area contributed by atoms with Crippen LogP contribution in [0.3, 0.4) is 0 Å². The molecule has 0 fully saturated rings. The molecule has 0 aliphatic rings. The summed E-state index contributed by atoms with van der Waals surface area (Å²) in [7, 11) is 0. The van der Waals surface area contributed by atoms with Crippen molar-refractivity contribution < 1.29 is 0 Å². The monoisotopic (exact) mass is 265 g/mol. The third kappa shape index (κ3) is 1.20. The van der Waals surface area contributed by atoms with Crippen molar-refractivity contribution in [3.63, 3.8) is 0 Å². The van der Waals surface area contributed by atoms with Gasteiger partial charge in [-0.25, -0.2) is 9.97 Å². The fourth-order valence-corrected chi connectivity index (χ4v) is 1.84. The summed E-state index contributed by atoms with van der Waals surface area (Å²) in [5, 5.41) is 0.879. The Morgan fingerprint density at radius 3 is 2.92 bits per heavy atom. The van der Waals surface area contributed by atoms with E-state index in [4.69, 9.17) is 23.2 Å². The van der Waals surface area contributed by atoms with Gasteiger partial charge in [-0.3, -0.25) is 4.40 Å². The standard InChI is InChI=1S/C6H2BrCl2N3/c7-5-6-10-1-4(9)12(6)2-3(8)11-5/h1-2H. The highest BCUT2D eigenvalue weighted by Gasteiger charge is 2.06. The van der Waals surface area contributed by atoms with Gasteiger partial charge in [-0.2, -0.15) is 0 Å². The van der Waals surface area contributed by atoms with Crippen molar-refractivity contribution in [1.82, 2.24) is 14.4 Å². The quantitative estimate of drug-likeness (QED) is 0.734. The Bertz CT molecular complexity index is 440. The van der Waals surface area contributed by atoms with Crippen LogP contribution in [0.25, 0.3) is 5.65 Å². The lowest BCUT2D eigenvalue weighted by atomic mass is 10.7. The zero-order valence-electron chi connectivity index (χ0n) is 5.63. The van der Waals surface area contributed by atoms with E-state index in [1.165, 1.54) is 0 Å². The molecule has 0 aromatic carbocycles. The minimum Gasteiger partial charge on any atom is -0.285 e. The predicted molar refractivity (Wildman–Crippen MR) is 50.7 cm³/mol. The van der Waals surface area contributed by atoms with Crippen LogP contribution in [-0.4, -0.2) is 14.4 Å². The number of hydrogen-bond acceptors (Lipinski definition) is 2. The van der Waals surface area contributed by atoms with Gasteiger partial charge in [0.05, 0.1) is 6.20 Å². The molecule has 0 N–H and O–H groups in total. The van der Waals surface area contributed by atoms with Crippen LogP contribution in [0.4, 0.5) is 0 Å². The van der Waals surface area contributed by atoms with Crippen molar-refractivity contribution in [2.45, 2.75) is 0 Å². The third-order valence-corrected chi connectivity index (χ3v) is 2.37. The van der Waals surface area contributed by atoms with Crippen LogP contribution in [0.2, 0.25) is 10.3 Å². The smallest absolute Gasteiger partial charge is 0.171 e. The summed E-state index contributed by atoms with van der Waals surface area (Å²) in [5.41, 5.74) is 0.657. The number of rotatable bonds is 0. The number of nitrogens with zero attached hydrogens (tertiary/aromatic N) is 3. The maximum Gasteiger partial charge on any atom is 0.171 e. The minimum absolute atomic E-state index is 0.370. The number of hydrogen-bond donors (Lipinski definition) is 0. The van der Waals surface area contributed by atoms with E-state index in [1.54, 1.807) is 16.8 Å². The average Bonchev–Trinajstić information content (AvgIpc) is 2.33. The summed E-state index contributed by atoms with van der Waals surface area (Å²) in [5.74, 6) is 0. The Labute approximate surface area is 86.5 Å². The molecule has 0 saturated carbocycles. The van der Waals surface area contributed by atoms with Gasteiger partial charge in [-0.1, -0.05) is 23.2 Å². The maximum absolute atomic E-state index is 5.81. The maximum atomic E-state index is 5.81. The largest absolute Gasteiger partial charge is 0.285 e. The van der Waals surface area contributed by atoms with E-state index in [2.05, 4.69) is 25.9 Å². The second-order valence-electron chi connectivity index (χ2n) is 2.13.